The molecule has 0 heterocycles. The van der Waals surface area contributed by atoms with Crippen molar-refractivity contribution in [3.05, 3.63) is 0 Å². The Morgan fingerprint density at radius 1 is 1.00 bits per heavy atom. The summed E-state index contributed by atoms with van der Waals surface area (Å²) < 4.78 is 0. The van der Waals surface area contributed by atoms with Crippen molar-refractivity contribution >= 4 is 11.6 Å². The molecule has 0 saturated heterocycles. The number of hydrogen-bond donors (Lipinski definition) is 0. The lowest BCUT2D eigenvalue weighted by atomic mass is 9.92. The maximum atomic E-state index is 11.6. The summed E-state index contributed by atoms with van der Waals surface area (Å²) in [4.78, 5) is 23.1. The molecule has 88 valence electrons. The van der Waals surface area contributed by atoms with Gasteiger partial charge in [-0.1, -0.05) is 40.5 Å². The van der Waals surface area contributed by atoms with Crippen LogP contribution in [0.15, 0.2) is 0 Å². The molecule has 0 amide bonds. The Morgan fingerprint density at radius 3 is 2.07 bits per heavy atom. The average Bonchev–Trinajstić information content (AvgIpc) is 2.17. The highest BCUT2D eigenvalue weighted by Crippen LogP contribution is 2.13. The van der Waals surface area contributed by atoms with Crippen molar-refractivity contribution in [3.8, 4) is 0 Å². The molecule has 0 radical (unpaired) electrons. The highest BCUT2D eigenvalue weighted by Gasteiger charge is 2.17. The van der Waals surface area contributed by atoms with E-state index >= 15 is 0 Å². The molecular formula is C13H24O2. The lowest BCUT2D eigenvalue weighted by Crippen LogP contribution is -2.18. The zero-order valence-corrected chi connectivity index (χ0v) is 10.5. The normalized spacial score (nSPS) is 12.9. The van der Waals surface area contributed by atoms with Crippen LogP contribution in [0, 0.1) is 11.8 Å². The second-order valence-electron chi connectivity index (χ2n) is 4.65. The van der Waals surface area contributed by atoms with E-state index in [1.54, 1.807) is 0 Å². The summed E-state index contributed by atoms with van der Waals surface area (Å²) in [6.45, 7) is 7.76. The van der Waals surface area contributed by atoms with Crippen LogP contribution in [0.3, 0.4) is 0 Å². The largest absolute Gasteiger partial charge is 0.299 e. The van der Waals surface area contributed by atoms with Gasteiger partial charge in [0.25, 0.3) is 0 Å². The first-order chi connectivity index (χ1) is 6.99. The minimum absolute atomic E-state index is 0.0518. The van der Waals surface area contributed by atoms with Crippen LogP contribution >= 0.6 is 0 Å². The molecule has 15 heavy (non-hydrogen) atoms. The zero-order valence-electron chi connectivity index (χ0n) is 10.5. The molecule has 0 aliphatic rings. The van der Waals surface area contributed by atoms with Crippen LogP contribution in [-0.2, 0) is 9.59 Å². The first-order valence-electron chi connectivity index (χ1n) is 6.04. The summed E-state index contributed by atoms with van der Waals surface area (Å²) >= 11 is 0. The standard InChI is InChI=1S/C13H24O2/c1-5-6-7-8-12(14)11(4)9-13(15)10(2)3/h10-11H,5-9H2,1-4H3/t11-/m1/s1. The molecule has 0 aromatic heterocycles. The molecule has 0 rings (SSSR count). The molecule has 0 aliphatic heterocycles. The first kappa shape index (κ1) is 14.3. The van der Waals surface area contributed by atoms with Gasteiger partial charge in [-0.2, -0.15) is 0 Å². The number of carbonyl (C=O) groups excluding carboxylic acids is 2. The van der Waals surface area contributed by atoms with E-state index < -0.39 is 0 Å². The van der Waals surface area contributed by atoms with E-state index in [0.29, 0.717) is 12.8 Å². The minimum atomic E-state index is -0.0863. The van der Waals surface area contributed by atoms with E-state index in [2.05, 4.69) is 6.92 Å². The fourth-order valence-electron chi connectivity index (χ4n) is 1.45. The highest BCUT2D eigenvalue weighted by molar-refractivity contribution is 5.88. The van der Waals surface area contributed by atoms with E-state index in [9.17, 15) is 9.59 Å². The summed E-state index contributed by atoms with van der Waals surface area (Å²) in [6.07, 6.45) is 4.27. The third kappa shape index (κ3) is 6.43. The van der Waals surface area contributed by atoms with Crippen LogP contribution in [-0.4, -0.2) is 11.6 Å². The number of Topliss-reactive ketones (excluding diaryl/α,β-unsaturated/α-hetero) is 2. The van der Waals surface area contributed by atoms with Gasteiger partial charge in [0.05, 0.1) is 0 Å². The van der Waals surface area contributed by atoms with Crippen LogP contribution in [0.2, 0.25) is 0 Å². The van der Waals surface area contributed by atoms with E-state index in [0.717, 1.165) is 19.3 Å². The van der Waals surface area contributed by atoms with Crippen molar-refractivity contribution in [3.63, 3.8) is 0 Å². The molecule has 0 fully saturated rings. The van der Waals surface area contributed by atoms with E-state index in [-0.39, 0.29) is 23.4 Å². The van der Waals surface area contributed by atoms with Crippen molar-refractivity contribution in [2.24, 2.45) is 11.8 Å². The van der Waals surface area contributed by atoms with E-state index in [4.69, 9.17) is 0 Å². The smallest absolute Gasteiger partial charge is 0.136 e. The number of carbonyl (C=O) groups is 2. The Morgan fingerprint density at radius 2 is 1.60 bits per heavy atom. The summed E-state index contributed by atoms with van der Waals surface area (Å²) in [5, 5.41) is 0. The van der Waals surface area contributed by atoms with Gasteiger partial charge in [0.15, 0.2) is 0 Å². The quantitative estimate of drug-likeness (QED) is 0.578. The SMILES string of the molecule is CCCCCC(=O)[C@H](C)CC(=O)C(C)C. The molecule has 0 unspecified atom stereocenters. The predicted octanol–water partition coefficient (Wildman–Crippen LogP) is 3.39. The predicted molar refractivity (Wildman–Crippen MR) is 62.8 cm³/mol. The van der Waals surface area contributed by atoms with Gasteiger partial charge < -0.3 is 0 Å². The molecule has 0 bridgehead atoms. The minimum Gasteiger partial charge on any atom is -0.299 e. The van der Waals surface area contributed by atoms with Gasteiger partial charge >= 0.3 is 0 Å². The monoisotopic (exact) mass is 212 g/mol. The lowest BCUT2D eigenvalue weighted by molar-refractivity contribution is -0.128. The molecule has 0 N–H and O–H groups in total. The van der Waals surface area contributed by atoms with Gasteiger partial charge in [-0.05, 0) is 6.42 Å². The molecule has 0 aliphatic carbocycles. The van der Waals surface area contributed by atoms with Gasteiger partial charge in [-0.25, -0.2) is 0 Å². The molecule has 0 aromatic carbocycles. The molecule has 1 atom stereocenters. The van der Waals surface area contributed by atoms with Gasteiger partial charge in [0.1, 0.15) is 11.6 Å². The fourth-order valence-corrected chi connectivity index (χ4v) is 1.45. The lowest BCUT2D eigenvalue weighted by Gasteiger charge is -2.10. The number of rotatable bonds is 8. The van der Waals surface area contributed by atoms with E-state index in [1.165, 1.54) is 0 Å². The van der Waals surface area contributed by atoms with Crippen molar-refractivity contribution in [1.29, 1.82) is 0 Å². The van der Waals surface area contributed by atoms with Crippen LogP contribution in [0.25, 0.3) is 0 Å². The zero-order chi connectivity index (χ0) is 11.8. The average molecular weight is 212 g/mol. The van der Waals surface area contributed by atoms with E-state index in [1.807, 2.05) is 20.8 Å². The number of hydrogen-bond acceptors (Lipinski definition) is 2. The van der Waals surface area contributed by atoms with Gasteiger partial charge in [0, 0.05) is 24.7 Å². The molecular weight excluding hydrogens is 188 g/mol. The second-order valence-corrected chi connectivity index (χ2v) is 4.65. The summed E-state index contributed by atoms with van der Waals surface area (Å²) in [6, 6.07) is 0. The van der Waals surface area contributed by atoms with Gasteiger partial charge in [0.2, 0.25) is 0 Å². The molecule has 0 saturated carbocycles. The van der Waals surface area contributed by atoms with Crippen molar-refractivity contribution < 1.29 is 9.59 Å². The van der Waals surface area contributed by atoms with Crippen molar-refractivity contribution in [1.82, 2.24) is 0 Å². The molecule has 0 aromatic rings. The topological polar surface area (TPSA) is 34.1 Å². The van der Waals surface area contributed by atoms with Gasteiger partial charge in [-0.3, -0.25) is 9.59 Å². The van der Waals surface area contributed by atoms with Crippen LogP contribution in [0.5, 0.6) is 0 Å². The van der Waals surface area contributed by atoms with Crippen LogP contribution < -0.4 is 0 Å². The highest BCUT2D eigenvalue weighted by atomic mass is 16.1. The Bertz CT molecular complexity index is 207. The van der Waals surface area contributed by atoms with Crippen molar-refractivity contribution in [2.45, 2.75) is 59.8 Å². The Kier molecular flexibility index (Phi) is 7.27. The maximum Gasteiger partial charge on any atom is 0.136 e. The summed E-state index contributed by atoms with van der Waals surface area (Å²) in [7, 11) is 0. The Labute approximate surface area is 93.4 Å². The van der Waals surface area contributed by atoms with Crippen LogP contribution in [0.4, 0.5) is 0 Å². The summed E-state index contributed by atoms with van der Waals surface area (Å²) in [5.74, 6) is 0.413. The number of ketones is 2. The molecule has 0 spiro atoms. The maximum absolute atomic E-state index is 11.6. The van der Waals surface area contributed by atoms with Crippen LogP contribution in [0.1, 0.15) is 59.8 Å². The Hall–Kier alpha value is -0.660. The molecule has 2 heteroatoms. The third-order valence-corrected chi connectivity index (χ3v) is 2.73. The Balaban J connectivity index is 3.83. The first-order valence-corrected chi connectivity index (χ1v) is 6.04. The van der Waals surface area contributed by atoms with Gasteiger partial charge in [-0.15, -0.1) is 0 Å². The van der Waals surface area contributed by atoms with Crippen molar-refractivity contribution in [2.75, 3.05) is 0 Å². The fraction of sp³-hybridized carbons (Fsp3) is 0.846. The molecule has 2 nitrogen and oxygen atoms in total. The number of unbranched alkanes of at least 4 members (excludes halogenated alkanes) is 2. The third-order valence-electron chi connectivity index (χ3n) is 2.73. The second kappa shape index (κ2) is 7.61. The summed E-state index contributed by atoms with van der Waals surface area (Å²) in [5.41, 5.74) is 0.